The van der Waals surface area contributed by atoms with E-state index in [-0.39, 0.29) is 12.6 Å². The van der Waals surface area contributed by atoms with Crippen LogP contribution in [0, 0.1) is 11.3 Å². The zero-order valence-corrected chi connectivity index (χ0v) is 12.0. The number of carboxylic acid groups (broad SMARTS) is 1. The van der Waals surface area contributed by atoms with Gasteiger partial charge in [-0.25, -0.2) is 4.79 Å². The highest BCUT2D eigenvalue weighted by molar-refractivity contribution is 5.65. The van der Waals surface area contributed by atoms with Gasteiger partial charge in [0.05, 0.1) is 17.7 Å². The zero-order valence-electron chi connectivity index (χ0n) is 12.0. The van der Waals surface area contributed by atoms with E-state index in [1.165, 1.54) is 4.90 Å². The zero-order chi connectivity index (χ0) is 15.7. The average molecular weight is 303 g/mol. The van der Waals surface area contributed by atoms with Crippen LogP contribution in [0.25, 0.3) is 0 Å². The van der Waals surface area contributed by atoms with Crippen molar-refractivity contribution in [3.8, 4) is 11.8 Å². The lowest BCUT2D eigenvalue weighted by Gasteiger charge is -2.42. The highest BCUT2D eigenvalue weighted by Gasteiger charge is 2.36. The van der Waals surface area contributed by atoms with Gasteiger partial charge in [0.2, 0.25) is 0 Å². The van der Waals surface area contributed by atoms with Gasteiger partial charge in [0.1, 0.15) is 18.5 Å². The van der Waals surface area contributed by atoms with E-state index in [4.69, 9.17) is 15.1 Å². The van der Waals surface area contributed by atoms with E-state index in [9.17, 15) is 9.90 Å². The van der Waals surface area contributed by atoms with Crippen molar-refractivity contribution < 1.29 is 19.7 Å². The van der Waals surface area contributed by atoms with Crippen molar-refractivity contribution >= 4 is 6.09 Å². The van der Waals surface area contributed by atoms with E-state index in [2.05, 4.69) is 11.0 Å². The van der Waals surface area contributed by atoms with E-state index in [0.29, 0.717) is 37.5 Å². The Morgan fingerprint density at radius 3 is 2.68 bits per heavy atom. The lowest BCUT2D eigenvalue weighted by atomic mass is 9.94. The molecule has 2 N–H and O–H groups in total. The van der Waals surface area contributed by atoms with Crippen molar-refractivity contribution in [3.63, 3.8) is 0 Å². The van der Waals surface area contributed by atoms with E-state index in [1.807, 2.05) is 0 Å². The summed E-state index contributed by atoms with van der Waals surface area (Å²) in [5.41, 5.74) is 1.31. The number of benzene rings is 1. The third kappa shape index (κ3) is 2.58. The number of hydrogen-bond acceptors (Lipinski definition) is 5. The number of amides is 1. The minimum absolute atomic E-state index is 0.197. The lowest BCUT2D eigenvalue weighted by Crippen LogP contribution is -2.52. The summed E-state index contributed by atoms with van der Waals surface area (Å²) in [4.78, 5) is 14.4. The Morgan fingerprint density at radius 2 is 2.05 bits per heavy atom. The molecule has 1 fully saturated rings. The predicted molar refractivity (Wildman–Crippen MR) is 76.6 cm³/mol. The van der Waals surface area contributed by atoms with Crippen molar-refractivity contribution in [3.05, 3.63) is 29.3 Å². The fourth-order valence-corrected chi connectivity index (χ4v) is 3.09. The molecule has 1 aromatic rings. The topological polar surface area (TPSA) is 97.0 Å². The van der Waals surface area contributed by atoms with Gasteiger partial charge < -0.3 is 19.8 Å². The van der Waals surface area contributed by atoms with Crippen molar-refractivity contribution in [1.82, 2.24) is 9.80 Å². The SMILES string of the molecule is N#Cc1ccc2c(c1)C(N1CCN(C(=O)O)CC1)C(O)CO2. The van der Waals surface area contributed by atoms with Crippen LogP contribution in [0.15, 0.2) is 18.2 Å². The Bertz CT molecular complexity index is 620. The molecule has 0 spiro atoms. The van der Waals surface area contributed by atoms with Crippen LogP contribution in [-0.4, -0.2) is 65.0 Å². The van der Waals surface area contributed by atoms with Gasteiger partial charge in [-0.05, 0) is 18.2 Å². The summed E-state index contributed by atoms with van der Waals surface area (Å²) in [6, 6.07) is 7.01. The van der Waals surface area contributed by atoms with Gasteiger partial charge in [-0.15, -0.1) is 0 Å². The average Bonchev–Trinajstić information content (AvgIpc) is 2.54. The third-order valence-corrected chi connectivity index (χ3v) is 4.21. The molecule has 0 bridgehead atoms. The van der Waals surface area contributed by atoms with Crippen LogP contribution in [-0.2, 0) is 0 Å². The number of piperazine rings is 1. The van der Waals surface area contributed by atoms with Gasteiger partial charge in [-0.3, -0.25) is 4.90 Å². The molecule has 2 heterocycles. The van der Waals surface area contributed by atoms with Crippen molar-refractivity contribution in [2.24, 2.45) is 0 Å². The second-order valence-corrected chi connectivity index (χ2v) is 5.49. The van der Waals surface area contributed by atoms with Crippen LogP contribution >= 0.6 is 0 Å². The van der Waals surface area contributed by atoms with Crippen LogP contribution in [0.3, 0.4) is 0 Å². The molecule has 2 aliphatic heterocycles. The summed E-state index contributed by atoms with van der Waals surface area (Å²) in [6.07, 6.45) is -1.61. The number of hydrogen-bond donors (Lipinski definition) is 2. The quantitative estimate of drug-likeness (QED) is 0.790. The highest BCUT2D eigenvalue weighted by Crippen LogP contribution is 2.37. The Balaban J connectivity index is 1.85. The second kappa shape index (κ2) is 5.83. The number of nitriles is 1. The van der Waals surface area contributed by atoms with Crippen molar-refractivity contribution in [2.45, 2.75) is 12.1 Å². The molecule has 1 aromatic carbocycles. The first-order valence-electron chi connectivity index (χ1n) is 7.17. The Kier molecular flexibility index (Phi) is 3.88. The number of aliphatic hydroxyl groups excluding tert-OH is 1. The number of ether oxygens (including phenoxy) is 1. The van der Waals surface area contributed by atoms with Crippen molar-refractivity contribution in [1.29, 1.82) is 5.26 Å². The monoisotopic (exact) mass is 303 g/mol. The maximum absolute atomic E-state index is 11.0. The molecule has 1 saturated heterocycles. The van der Waals surface area contributed by atoms with Gasteiger partial charge in [0.25, 0.3) is 0 Å². The maximum atomic E-state index is 11.0. The molecule has 1 amide bonds. The molecule has 116 valence electrons. The normalized spacial score (nSPS) is 25.0. The van der Waals surface area contributed by atoms with Crippen LogP contribution in [0.5, 0.6) is 5.75 Å². The summed E-state index contributed by atoms with van der Waals surface area (Å²) in [6.45, 7) is 2.11. The van der Waals surface area contributed by atoms with E-state index in [0.717, 1.165) is 5.56 Å². The van der Waals surface area contributed by atoms with Crippen LogP contribution < -0.4 is 4.74 Å². The summed E-state index contributed by atoms with van der Waals surface area (Å²) in [5.74, 6) is 0.676. The number of fused-ring (bicyclic) bond motifs is 1. The number of nitrogens with zero attached hydrogens (tertiary/aromatic N) is 3. The lowest BCUT2D eigenvalue weighted by molar-refractivity contribution is -0.0159. The van der Waals surface area contributed by atoms with E-state index >= 15 is 0 Å². The Labute approximate surface area is 127 Å². The molecule has 22 heavy (non-hydrogen) atoms. The van der Waals surface area contributed by atoms with Crippen molar-refractivity contribution in [2.75, 3.05) is 32.8 Å². The highest BCUT2D eigenvalue weighted by atomic mass is 16.5. The first-order chi connectivity index (χ1) is 10.6. The molecule has 2 atom stereocenters. The maximum Gasteiger partial charge on any atom is 0.407 e. The molecule has 7 heteroatoms. The Morgan fingerprint density at radius 1 is 1.32 bits per heavy atom. The molecule has 2 unspecified atom stereocenters. The minimum Gasteiger partial charge on any atom is -0.490 e. The first kappa shape index (κ1) is 14.6. The largest absolute Gasteiger partial charge is 0.490 e. The molecule has 0 aliphatic carbocycles. The Hall–Kier alpha value is -2.30. The summed E-state index contributed by atoms with van der Waals surface area (Å²) in [5, 5.41) is 28.4. The smallest absolute Gasteiger partial charge is 0.407 e. The summed E-state index contributed by atoms with van der Waals surface area (Å²) in [7, 11) is 0. The molecule has 0 radical (unpaired) electrons. The fourth-order valence-electron chi connectivity index (χ4n) is 3.09. The fraction of sp³-hybridized carbons (Fsp3) is 0.467. The molecule has 2 aliphatic rings. The van der Waals surface area contributed by atoms with Crippen LogP contribution in [0.2, 0.25) is 0 Å². The van der Waals surface area contributed by atoms with Gasteiger partial charge in [0, 0.05) is 31.7 Å². The molecule has 0 aromatic heterocycles. The first-order valence-corrected chi connectivity index (χ1v) is 7.17. The van der Waals surface area contributed by atoms with E-state index < -0.39 is 12.2 Å². The summed E-state index contributed by atoms with van der Waals surface area (Å²) < 4.78 is 5.53. The molecule has 7 nitrogen and oxygen atoms in total. The number of aliphatic hydroxyl groups is 1. The third-order valence-electron chi connectivity index (χ3n) is 4.21. The van der Waals surface area contributed by atoms with E-state index in [1.54, 1.807) is 18.2 Å². The van der Waals surface area contributed by atoms with Crippen LogP contribution in [0.4, 0.5) is 4.79 Å². The molecular weight excluding hydrogens is 286 g/mol. The van der Waals surface area contributed by atoms with Gasteiger partial charge in [0.15, 0.2) is 0 Å². The van der Waals surface area contributed by atoms with Crippen LogP contribution in [0.1, 0.15) is 17.2 Å². The molecule has 3 rings (SSSR count). The number of rotatable bonds is 1. The predicted octanol–water partition coefficient (Wildman–Crippen LogP) is 0.648. The molecule has 0 saturated carbocycles. The standard InChI is InChI=1S/C15H17N3O4/c16-8-10-1-2-13-11(7-10)14(12(19)9-22-13)17-3-5-18(6-4-17)15(20)21/h1-2,7,12,14,19H,3-6,9H2,(H,20,21). The van der Waals surface area contributed by atoms with Gasteiger partial charge >= 0.3 is 6.09 Å². The molecular formula is C15H17N3O4. The summed E-state index contributed by atoms with van der Waals surface area (Å²) >= 11 is 0. The van der Waals surface area contributed by atoms with Gasteiger partial charge in [-0.1, -0.05) is 0 Å². The van der Waals surface area contributed by atoms with Gasteiger partial charge in [-0.2, -0.15) is 5.26 Å². The second-order valence-electron chi connectivity index (χ2n) is 5.49. The number of carbonyl (C=O) groups is 1. The minimum atomic E-state index is -0.917.